The van der Waals surface area contributed by atoms with Crippen LogP contribution in [0, 0.1) is 65.1 Å². The molecule has 0 amide bonds. The first kappa shape index (κ1) is 104. The van der Waals surface area contributed by atoms with E-state index in [9.17, 15) is 0 Å². The van der Waals surface area contributed by atoms with Crippen LogP contribution in [0.5, 0.6) is 0 Å². The third-order valence-corrected chi connectivity index (χ3v) is 20.8. The lowest BCUT2D eigenvalue weighted by Crippen LogP contribution is -2.28. The molecule has 4 saturated carbocycles. The van der Waals surface area contributed by atoms with Gasteiger partial charge in [0.2, 0.25) is 0 Å². The highest BCUT2D eigenvalue weighted by Crippen LogP contribution is 2.30. The molecule has 0 saturated heterocycles. The van der Waals surface area contributed by atoms with Gasteiger partial charge in [0.25, 0.3) is 0 Å². The molecule has 12 atom stereocenters. The molecular formula is C83H178O10. The largest absolute Gasteiger partial charge is 0.381 e. The van der Waals surface area contributed by atoms with Crippen LogP contribution in [0.1, 0.15) is 348 Å². The van der Waals surface area contributed by atoms with E-state index in [0.29, 0.717) is 103 Å². The maximum Gasteiger partial charge on any atom is 0.0602 e. The van der Waals surface area contributed by atoms with E-state index in [0.717, 1.165) is 36.2 Å². The molecule has 0 aromatic carbocycles. The minimum Gasteiger partial charge on any atom is -0.381 e. The molecular weight excluding hydrogens is 1160 g/mol. The highest BCUT2D eigenvalue weighted by Gasteiger charge is 2.23. The summed E-state index contributed by atoms with van der Waals surface area (Å²) in [5.74, 6) is 7.98. The van der Waals surface area contributed by atoms with Gasteiger partial charge in [0.15, 0.2) is 0 Å². The first-order valence-corrected chi connectivity index (χ1v) is 39.1. The molecule has 0 aliphatic heterocycles. The monoisotopic (exact) mass is 1340 g/mol. The fourth-order valence-corrected chi connectivity index (χ4v) is 10.9. The van der Waals surface area contributed by atoms with Gasteiger partial charge in [-0.15, -0.1) is 0 Å². The molecule has 4 fully saturated rings. The fourth-order valence-electron chi connectivity index (χ4n) is 10.9. The predicted octanol–water partition coefficient (Wildman–Crippen LogP) is 24.6. The molecule has 0 aromatic heterocycles. The van der Waals surface area contributed by atoms with E-state index >= 15 is 0 Å². The SMILES string of the molecule is CC(C)C(C)OC(C)(C)C.CC(C)OC(C)C(C)C.CCC(C)C(C)OC.CCOC(C)C(C)C.COC(C)C(C)C.COC(C)C(C)C(C)C.COC(C)C1CCCC1.COC(C)C1CCCCC1.COC(C)C1CCCCCC1.COC(C)C1CCCCCCC1. The first-order valence-electron chi connectivity index (χ1n) is 39.1. The molecule has 12 unspecified atom stereocenters. The molecule has 0 radical (unpaired) electrons. The Bertz CT molecular complexity index is 1410. The second kappa shape index (κ2) is 67.4. The van der Waals surface area contributed by atoms with Gasteiger partial charge in [0.1, 0.15) is 0 Å². The van der Waals surface area contributed by atoms with Crippen molar-refractivity contribution in [3.05, 3.63) is 0 Å². The minimum absolute atomic E-state index is 0.00366. The quantitative estimate of drug-likeness (QED) is 0.0870. The van der Waals surface area contributed by atoms with E-state index in [1.165, 1.54) is 148 Å². The van der Waals surface area contributed by atoms with Gasteiger partial charge in [0, 0.05) is 56.4 Å². The van der Waals surface area contributed by atoms with Crippen molar-refractivity contribution in [3.8, 4) is 0 Å². The Kier molecular flexibility index (Phi) is 75.1. The second-order valence-corrected chi connectivity index (χ2v) is 31.3. The van der Waals surface area contributed by atoms with Crippen molar-refractivity contribution < 1.29 is 47.4 Å². The van der Waals surface area contributed by atoms with Gasteiger partial charge in [-0.3, -0.25) is 0 Å². The first-order chi connectivity index (χ1) is 43.4. The third kappa shape index (κ3) is 65.9. The van der Waals surface area contributed by atoms with Crippen molar-refractivity contribution in [1.82, 2.24) is 0 Å². The van der Waals surface area contributed by atoms with Gasteiger partial charge in [0.05, 0.1) is 72.7 Å². The van der Waals surface area contributed by atoms with E-state index in [4.69, 9.17) is 47.4 Å². The Morgan fingerprint density at radius 1 is 0.290 bits per heavy atom. The number of hydrogen-bond acceptors (Lipinski definition) is 10. The number of ether oxygens (including phenoxy) is 10. The van der Waals surface area contributed by atoms with Gasteiger partial charge in [-0.2, -0.15) is 0 Å². The lowest BCUT2D eigenvalue weighted by Gasteiger charge is -2.27. The predicted molar refractivity (Wildman–Crippen MR) is 411 cm³/mol. The van der Waals surface area contributed by atoms with Crippen LogP contribution >= 0.6 is 0 Å². The molecule has 4 aliphatic rings. The Morgan fingerprint density at radius 2 is 0.548 bits per heavy atom. The zero-order valence-corrected chi connectivity index (χ0v) is 70.3. The van der Waals surface area contributed by atoms with Crippen LogP contribution in [0.15, 0.2) is 0 Å². The van der Waals surface area contributed by atoms with Crippen molar-refractivity contribution in [2.75, 3.05) is 56.4 Å². The second-order valence-electron chi connectivity index (χ2n) is 31.3. The molecule has 93 heavy (non-hydrogen) atoms. The highest BCUT2D eigenvalue weighted by atomic mass is 16.5. The molecule has 0 heterocycles. The van der Waals surface area contributed by atoms with Crippen LogP contribution in [-0.4, -0.2) is 129 Å². The molecule has 4 aliphatic carbocycles. The number of methoxy groups -OCH3 is 7. The van der Waals surface area contributed by atoms with E-state index < -0.39 is 0 Å². The molecule has 0 spiro atoms. The van der Waals surface area contributed by atoms with Crippen LogP contribution in [0.4, 0.5) is 0 Å². The van der Waals surface area contributed by atoms with Crippen LogP contribution in [0.25, 0.3) is 0 Å². The average Bonchev–Trinajstić information content (AvgIpc) is 3.46. The summed E-state index contributed by atoms with van der Waals surface area (Å²) in [6, 6.07) is 0. The Labute approximate surface area is 587 Å². The summed E-state index contributed by atoms with van der Waals surface area (Å²) in [6.45, 7) is 63.1. The van der Waals surface area contributed by atoms with Crippen LogP contribution in [-0.2, 0) is 47.4 Å². The van der Waals surface area contributed by atoms with Crippen molar-refractivity contribution in [3.63, 3.8) is 0 Å². The van der Waals surface area contributed by atoms with Gasteiger partial charge >= 0.3 is 0 Å². The smallest absolute Gasteiger partial charge is 0.0602 e. The molecule has 10 nitrogen and oxygen atoms in total. The van der Waals surface area contributed by atoms with E-state index in [1.807, 2.05) is 35.4 Å². The Morgan fingerprint density at radius 3 is 0.688 bits per heavy atom. The lowest BCUT2D eigenvalue weighted by atomic mass is 9.86. The lowest BCUT2D eigenvalue weighted by molar-refractivity contribution is -0.0698. The van der Waals surface area contributed by atoms with Gasteiger partial charge in [-0.1, -0.05) is 186 Å². The summed E-state index contributed by atoms with van der Waals surface area (Å²) in [7, 11) is 12.6. The molecule has 4 rings (SSSR count). The summed E-state index contributed by atoms with van der Waals surface area (Å²) in [4.78, 5) is 0. The Balaban J connectivity index is -0.000000227. The van der Waals surface area contributed by atoms with E-state index in [1.54, 1.807) is 21.3 Å². The molecule has 0 aromatic rings. The Hall–Kier alpha value is -0.400. The van der Waals surface area contributed by atoms with Crippen LogP contribution in [0.2, 0.25) is 0 Å². The molecule has 570 valence electrons. The van der Waals surface area contributed by atoms with Gasteiger partial charge < -0.3 is 47.4 Å². The summed E-state index contributed by atoms with van der Waals surface area (Å²) in [5, 5.41) is 0. The maximum absolute atomic E-state index is 5.70. The normalized spacial score (nSPS) is 19.9. The summed E-state index contributed by atoms with van der Waals surface area (Å²) in [5.41, 5.74) is 0.00366. The van der Waals surface area contributed by atoms with Crippen molar-refractivity contribution in [2.45, 2.75) is 421 Å². The minimum atomic E-state index is 0.00366. The summed E-state index contributed by atoms with van der Waals surface area (Å²) in [6.07, 6.45) is 36.9. The average molecular weight is 1340 g/mol. The van der Waals surface area contributed by atoms with Gasteiger partial charge in [-0.25, -0.2) is 0 Å². The molecule has 0 bridgehead atoms. The van der Waals surface area contributed by atoms with E-state index in [2.05, 4.69) is 194 Å². The zero-order valence-electron chi connectivity index (χ0n) is 70.3. The highest BCUT2D eigenvalue weighted by molar-refractivity contribution is 4.74. The van der Waals surface area contributed by atoms with Crippen molar-refractivity contribution in [2.24, 2.45) is 65.1 Å². The van der Waals surface area contributed by atoms with Gasteiger partial charge in [-0.05, 0) is 227 Å². The van der Waals surface area contributed by atoms with Crippen molar-refractivity contribution >= 4 is 0 Å². The fraction of sp³-hybridized carbons (Fsp3) is 1.00. The number of rotatable bonds is 24. The molecule has 10 heteroatoms. The third-order valence-electron chi connectivity index (χ3n) is 20.8. The maximum atomic E-state index is 5.70. The summed E-state index contributed by atoms with van der Waals surface area (Å²) < 4.78 is 53.1. The zero-order chi connectivity index (χ0) is 73.2. The number of hydrogen-bond donors (Lipinski definition) is 0. The standard InChI is InChI=1S/C11H22O.C10H20O.C9H18O.C9H20O.C8H16O.2C8H18O.2C7H16O.C6H14O/c1-10(12-2)11-8-6-4-3-5-7-9-11;1-9(11-2)10-7-5-3-4-6-8-10;1-8(10-2)9-6-4-3-5-7-9;1-7(2)8(3)10-9(4,5)6;1-7(9-2)8-5-3-4-6-8;1-6(2)7(3)8(4)9-5;1-6(2)8(5)9-7(3)4;1-5-6(2)7(3)8-4;1-5-8-7(4)6(2)3;1-5(2)6(3)7-4/h10-11H,3-9H2,1-2H3;9-10H,3-8H2,1-2H3;8-9H,3-7H2,1-2H3;7-8H,1-6H3;7-8H,3-6H2,1-2H3;2*6-8H,1-5H3;2*6-7H,5H2,1-4H3;5-6H,1-4H3. The van der Waals surface area contributed by atoms with Crippen LogP contribution in [0.3, 0.4) is 0 Å². The van der Waals surface area contributed by atoms with Crippen molar-refractivity contribution in [1.29, 1.82) is 0 Å². The van der Waals surface area contributed by atoms with Crippen LogP contribution < -0.4 is 0 Å². The van der Waals surface area contributed by atoms with E-state index in [-0.39, 0.29) is 5.60 Å². The topological polar surface area (TPSA) is 92.3 Å². The summed E-state index contributed by atoms with van der Waals surface area (Å²) >= 11 is 0. The molecule has 0 N–H and O–H groups in total.